The van der Waals surface area contributed by atoms with Gasteiger partial charge >= 0.3 is 0 Å². The first kappa shape index (κ1) is 21.6. The molecular formula is C24H30N4O2. The number of nitrogens with zero attached hydrogens (tertiary/aromatic N) is 2. The Morgan fingerprint density at radius 2 is 1.77 bits per heavy atom. The van der Waals surface area contributed by atoms with Gasteiger partial charge in [-0.2, -0.15) is 0 Å². The predicted octanol–water partition coefficient (Wildman–Crippen LogP) is 4.09. The van der Waals surface area contributed by atoms with Crippen molar-refractivity contribution in [3.63, 3.8) is 0 Å². The van der Waals surface area contributed by atoms with Crippen molar-refractivity contribution in [1.82, 2.24) is 14.9 Å². The van der Waals surface area contributed by atoms with Gasteiger partial charge in [-0.15, -0.1) is 0 Å². The Morgan fingerprint density at radius 3 is 2.57 bits per heavy atom. The lowest BCUT2D eigenvalue weighted by Gasteiger charge is -2.12. The molecule has 0 aliphatic rings. The molecule has 0 atom stereocenters. The molecule has 1 aromatic heterocycles. The van der Waals surface area contributed by atoms with Crippen LogP contribution in [0.4, 0.5) is 5.69 Å². The number of amides is 2. The first-order valence-electron chi connectivity index (χ1n) is 10.7. The van der Waals surface area contributed by atoms with Crippen LogP contribution >= 0.6 is 0 Å². The number of aromatic nitrogens is 2. The Hall–Kier alpha value is -3.15. The quantitative estimate of drug-likeness (QED) is 0.498. The summed E-state index contributed by atoms with van der Waals surface area (Å²) in [7, 11) is 0. The van der Waals surface area contributed by atoms with Gasteiger partial charge in [0, 0.05) is 25.1 Å². The standard InChI is InChI=1S/C24H30N4O2/c1-3-10-23(29)25-16-9-15-22-26-20-13-7-8-14-21(20)28(22)17-24(30)27-19-12-6-5-11-18(19)4-2/h5-8,11-14H,3-4,9-10,15-17H2,1-2H3,(H,25,29)(H,27,30). The minimum atomic E-state index is -0.0726. The fourth-order valence-electron chi connectivity index (χ4n) is 3.57. The van der Waals surface area contributed by atoms with Crippen LogP contribution in [-0.2, 0) is 29.0 Å². The molecule has 0 unspecified atom stereocenters. The molecule has 0 saturated heterocycles. The molecule has 0 aliphatic carbocycles. The van der Waals surface area contributed by atoms with Crippen LogP contribution in [0.5, 0.6) is 0 Å². The lowest BCUT2D eigenvalue weighted by atomic mass is 10.1. The molecule has 3 rings (SSSR count). The van der Waals surface area contributed by atoms with Gasteiger partial charge in [0.05, 0.1) is 11.0 Å². The van der Waals surface area contributed by atoms with E-state index < -0.39 is 0 Å². The third kappa shape index (κ3) is 5.47. The number of hydrogen-bond acceptors (Lipinski definition) is 3. The highest BCUT2D eigenvalue weighted by molar-refractivity contribution is 5.92. The highest BCUT2D eigenvalue weighted by atomic mass is 16.2. The third-order valence-electron chi connectivity index (χ3n) is 5.08. The molecule has 2 aromatic carbocycles. The van der Waals surface area contributed by atoms with Gasteiger partial charge in [-0.1, -0.05) is 44.2 Å². The number of hydrogen-bond donors (Lipinski definition) is 2. The number of imidazole rings is 1. The average Bonchev–Trinajstić information content (AvgIpc) is 3.09. The molecule has 0 spiro atoms. The molecule has 2 N–H and O–H groups in total. The monoisotopic (exact) mass is 406 g/mol. The van der Waals surface area contributed by atoms with Gasteiger partial charge in [0.15, 0.2) is 0 Å². The molecule has 0 fully saturated rings. The Morgan fingerprint density at radius 1 is 1.00 bits per heavy atom. The van der Waals surface area contributed by atoms with Gasteiger partial charge in [0.25, 0.3) is 0 Å². The summed E-state index contributed by atoms with van der Waals surface area (Å²) in [5, 5.41) is 5.98. The van der Waals surface area contributed by atoms with Crippen LogP contribution < -0.4 is 10.6 Å². The largest absolute Gasteiger partial charge is 0.356 e. The van der Waals surface area contributed by atoms with Crippen LogP contribution in [0.15, 0.2) is 48.5 Å². The van der Waals surface area contributed by atoms with Crippen molar-refractivity contribution in [3.8, 4) is 0 Å². The van der Waals surface area contributed by atoms with Crippen molar-refractivity contribution in [2.75, 3.05) is 11.9 Å². The van der Waals surface area contributed by atoms with Crippen LogP contribution in [0.1, 0.15) is 44.5 Å². The summed E-state index contributed by atoms with van der Waals surface area (Å²) in [5.74, 6) is 0.872. The van der Waals surface area contributed by atoms with Crippen molar-refractivity contribution in [3.05, 3.63) is 59.9 Å². The van der Waals surface area contributed by atoms with Gasteiger partial charge in [-0.05, 0) is 43.0 Å². The number of benzene rings is 2. The van der Waals surface area contributed by atoms with E-state index in [0.717, 1.165) is 47.4 Å². The molecule has 2 amide bonds. The fraction of sp³-hybridized carbons (Fsp3) is 0.375. The number of anilines is 1. The lowest BCUT2D eigenvalue weighted by molar-refractivity contribution is -0.121. The molecule has 1 heterocycles. The Labute approximate surface area is 177 Å². The van der Waals surface area contributed by atoms with Crippen LogP contribution in [-0.4, -0.2) is 27.9 Å². The van der Waals surface area contributed by atoms with E-state index in [1.54, 1.807) is 0 Å². The van der Waals surface area contributed by atoms with E-state index in [2.05, 4.69) is 17.6 Å². The van der Waals surface area contributed by atoms with Crippen molar-refractivity contribution in [1.29, 1.82) is 0 Å². The molecule has 6 nitrogen and oxygen atoms in total. The number of aryl methyl sites for hydroxylation is 2. The number of nitrogens with one attached hydrogen (secondary N) is 2. The maximum Gasteiger partial charge on any atom is 0.244 e. The summed E-state index contributed by atoms with van der Waals surface area (Å²) in [5.41, 5.74) is 3.80. The highest BCUT2D eigenvalue weighted by Gasteiger charge is 2.14. The SMILES string of the molecule is CCCC(=O)NCCCc1nc2ccccc2n1CC(=O)Nc1ccccc1CC. The third-order valence-corrected chi connectivity index (χ3v) is 5.08. The molecule has 30 heavy (non-hydrogen) atoms. The molecule has 0 saturated carbocycles. The summed E-state index contributed by atoms with van der Waals surface area (Å²) < 4.78 is 1.98. The predicted molar refractivity (Wildman–Crippen MR) is 120 cm³/mol. The average molecular weight is 407 g/mol. The molecule has 0 bridgehead atoms. The minimum absolute atomic E-state index is 0.0726. The van der Waals surface area contributed by atoms with Crippen molar-refractivity contribution < 1.29 is 9.59 Å². The van der Waals surface area contributed by atoms with Crippen LogP contribution in [0.2, 0.25) is 0 Å². The number of carbonyl (C=O) groups excluding carboxylic acids is 2. The molecule has 0 aliphatic heterocycles. The number of carbonyl (C=O) groups is 2. The zero-order chi connectivity index (χ0) is 21.3. The molecule has 6 heteroatoms. The first-order valence-corrected chi connectivity index (χ1v) is 10.7. The minimum Gasteiger partial charge on any atom is -0.356 e. The van der Waals surface area contributed by atoms with Crippen molar-refractivity contribution in [2.45, 2.75) is 52.5 Å². The van der Waals surface area contributed by atoms with E-state index in [-0.39, 0.29) is 18.4 Å². The summed E-state index contributed by atoms with van der Waals surface area (Å²) in [4.78, 5) is 29.2. The molecule has 158 valence electrons. The molecule has 0 radical (unpaired) electrons. The maximum absolute atomic E-state index is 12.8. The smallest absolute Gasteiger partial charge is 0.244 e. The normalized spacial score (nSPS) is 10.9. The van der Waals surface area contributed by atoms with Crippen molar-refractivity contribution >= 4 is 28.5 Å². The number of rotatable bonds is 10. The van der Waals surface area contributed by atoms with Gasteiger partial charge in [0.2, 0.25) is 11.8 Å². The molecule has 3 aromatic rings. The van der Waals surface area contributed by atoms with Gasteiger partial charge < -0.3 is 15.2 Å². The summed E-state index contributed by atoms with van der Waals surface area (Å²) >= 11 is 0. The van der Waals surface area contributed by atoms with Gasteiger partial charge in [0.1, 0.15) is 12.4 Å². The zero-order valence-electron chi connectivity index (χ0n) is 17.8. The van der Waals surface area contributed by atoms with E-state index in [1.807, 2.05) is 60.0 Å². The highest BCUT2D eigenvalue weighted by Crippen LogP contribution is 2.19. The van der Waals surface area contributed by atoms with Crippen LogP contribution in [0.25, 0.3) is 11.0 Å². The summed E-state index contributed by atoms with van der Waals surface area (Å²) in [6, 6.07) is 15.7. The summed E-state index contributed by atoms with van der Waals surface area (Å²) in [6.07, 6.45) is 3.73. The molecular weight excluding hydrogens is 376 g/mol. The Balaban J connectivity index is 1.71. The van der Waals surface area contributed by atoms with Crippen molar-refractivity contribution in [2.24, 2.45) is 0 Å². The van der Waals surface area contributed by atoms with Gasteiger partial charge in [-0.25, -0.2) is 4.98 Å². The second-order valence-electron chi connectivity index (χ2n) is 7.37. The summed E-state index contributed by atoms with van der Waals surface area (Å²) in [6.45, 7) is 4.88. The van der Waals surface area contributed by atoms with Crippen LogP contribution in [0, 0.1) is 0 Å². The fourth-order valence-corrected chi connectivity index (χ4v) is 3.57. The first-order chi connectivity index (χ1) is 14.6. The topological polar surface area (TPSA) is 76.0 Å². The number of para-hydroxylation sites is 3. The maximum atomic E-state index is 12.8. The Bertz CT molecular complexity index is 1010. The van der Waals surface area contributed by atoms with E-state index in [1.165, 1.54) is 0 Å². The second-order valence-corrected chi connectivity index (χ2v) is 7.37. The van der Waals surface area contributed by atoms with E-state index in [9.17, 15) is 9.59 Å². The zero-order valence-corrected chi connectivity index (χ0v) is 17.8. The van der Waals surface area contributed by atoms with E-state index >= 15 is 0 Å². The van der Waals surface area contributed by atoms with E-state index in [0.29, 0.717) is 19.4 Å². The van der Waals surface area contributed by atoms with Crippen LogP contribution in [0.3, 0.4) is 0 Å². The number of fused-ring (bicyclic) bond motifs is 1. The van der Waals surface area contributed by atoms with Gasteiger partial charge in [-0.3, -0.25) is 9.59 Å². The second kappa shape index (κ2) is 10.6. The van der Waals surface area contributed by atoms with E-state index in [4.69, 9.17) is 4.98 Å². The Kier molecular flexibility index (Phi) is 7.60. The lowest BCUT2D eigenvalue weighted by Crippen LogP contribution is -2.25.